The molecule has 90 valence electrons. The van der Waals surface area contributed by atoms with Crippen molar-refractivity contribution in [3.63, 3.8) is 0 Å². The maximum atomic E-state index is 4.42. The summed E-state index contributed by atoms with van der Waals surface area (Å²) in [4.78, 5) is 8.71. The van der Waals surface area contributed by atoms with Crippen molar-refractivity contribution in [3.05, 3.63) is 37.3 Å². The Hall–Kier alpha value is -0.460. The Bertz CT molecular complexity index is 513. The van der Waals surface area contributed by atoms with Crippen molar-refractivity contribution in [2.24, 2.45) is 0 Å². The van der Waals surface area contributed by atoms with E-state index in [4.69, 9.17) is 0 Å². The summed E-state index contributed by atoms with van der Waals surface area (Å²) in [7, 11) is 0. The maximum absolute atomic E-state index is 4.42. The van der Waals surface area contributed by atoms with E-state index in [9.17, 15) is 0 Å². The molecule has 0 aliphatic rings. The maximum Gasteiger partial charge on any atom is 0.140 e. The quantitative estimate of drug-likeness (QED) is 0.875. The van der Waals surface area contributed by atoms with Crippen molar-refractivity contribution in [1.29, 1.82) is 0 Å². The van der Waals surface area contributed by atoms with Crippen molar-refractivity contribution in [3.8, 4) is 0 Å². The van der Waals surface area contributed by atoms with Gasteiger partial charge in [-0.1, -0.05) is 0 Å². The van der Waals surface area contributed by atoms with Crippen molar-refractivity contribution < 1.29 is 0 Å². The molecule has 0 amide bonds. The lowest BCUT2D eigenvalue weighted by Crippen LogP contribution is -2.07. The second-order valence-electron chi connectivity index (χ2n) is 3.52. The number of hydrogen-bond donors (Lipinski definition) is 1. The van der Waals surface area contributed by atoms with Crippen LogP contribution in [-0.2, 0) is 6.42 Å². The van der Waals surface area contributed by atoms with Gasteiger partial charge in [0.15, 0.2) is 0 Å². The van der Waals surface area contributed by atoms with E-state index in [2.05, 4.69) is 52.5 Å². The summed E-state index contributed by atoms with van der Waals surface area (Å²) in [5, 5.41) is 6.50. The predicted molar refractivity (Wildman–Crippen MR) is 78.7 cm³/mol. The summed E-state index contributed by atoms with van der Waals surface area (Å²) in [5.74, 6) is 0.861. The molecule has 0 aliphatic carbocycles. The molecular weight excluding hydrogens is 366 g/mol. The Morgan fingerprint density at radius 1 is 1.41 bits per heavy atom. The highest BCUT2D eigenvalue weighted by Gasteiger charge is 2.02. The molecule has 0 aromatic carbocycles. The first-order chi connectivity index (χ1) is 8.15. The minimum absolute atomic E-state index is 0.830. The number of halogens is 2. The van der Waals surface area contributed by atoms with Gasteiger partial charge in [-0.05, 0) is 44.8 Å². The zero-order valence-corrected chi connectivity index (χ0v) is 13.2. The number of anilines is 1. The minimum Gasteiger partial charge on any atom is -0.369 e. The molecular formula is C11H11Br2N3S. The molecule has 0 unspecified atom stereocenters. The third kappa shape index (κ3) is 3.76. The molecule has 0 bridgehead atoms. The summed E-state index contributed by atoms with van der Waals surface area (Å²) in [6, 6.07) is 1.97. The number of aryl methyl sites for hydroxylation is 1. The highest BCUT2D eigenvalue weighted by atomic mass is 79.9. The van der Waals surface area contributed by atoms with Crippen molar-refractivity contribution in [1.82, 2.24) is 9.97 Å². The van der Waals surface area contributed by atoms with Gasteiger partial charge >= 0.3 is 0 Å². The summed E-state index contributed by atoms with van der Waals surface area (Å²) < 4.78 is 1.92. The van der Waals surface area contributed by atoms with Gasteiger partial charge in [-0.25, -0.2) is 9.97 Å². The number of hydrogen-bond acceptors (Lipinski definition) is 4. The lowest BCUT2D eigenvalue weighted by molar-refractivity contribution is 0.958. The van der Waals surface area contributed by atoms with Crippen LogP contribution in [0.15, 0.2) is 26.6 Å². The molecule has 17 heavy (non-hydrogen) atoms. The van der Waals surface area contributed by atoms with Gasteiger partial charge in [0, 0.05) is 29.0 Å². The van der Waals surface area contributed by atoms with Crippen LogP contribution in [0.4, 0.5) is 5.82 Å². The van der Waals surface area contributed by atoms with E-state index in [1.165, 1.54) is 0 Å². The first-order valence-electron chi connectivity index (χ1n) is 5.11. The summed E-state index contributed by atoms with van der Waals surface area (Å²) in [6.07, 6.45) is 2.69. The van der Waals surface area contributed by atoms with Gasteiger partial charge in [0.1, 0.15) is 5.82 Å². The molecule has 3 nitrogen and oxygen atoms in total. The number of nitrogens with one attached hydrogen (secondary N) is 1. The van der Waals surface area contributed by atoms with Crippen LogP contribution in [0.5, 0.6) is 0 Å². The molecule has 0 atom stereocenters. The Kier molecular flexibility index (Phi) is 4.53. The van der Waals surface area contributed by atoms with Crippen LogP contribution in [0, 0.1) is 6.92 Å². The van der Waals surface area contributed by atoms with E-state index < -0.39 is 0 Å². The Morgan fingerprint density at radius 3 is 2.88 bits per heavy atom. The average molecular weight is 377 g/mol. The Labute approximate surface area is 121 Å². The van der Waals surface area contributed by atoms with Crippen LogP contribution in [0.2, 0.25) is 0 Å². The first kappa shape index (κ1) is 13.0. The largest absolute Gasteiger partial charge is 0.369 e. The third-order valence-corrected chi connectivity index (χ3v) is 4.01. The molecule has 2 aromatic rings. The Morgan fingerprint density at radius 2 is 2.24 bits per heavy atom. The van der Waals surface area contributed by atoms with E-state index in [0.29, 0.717) is 0 Å². The van der Waals surface area contributed by atoms with Gasteiger partial charge < -0.3 is 5.32 Å². The Balaban J connectivity index is 1.90. The molecule has 0 saturated carbocycles. The lowest BCUT2D eigenvalue weighted by Gasteiger charge is -2.06. The molecule has 0 spiro atoms. The van der Waals surface area contributed by atoms with E-state index in [1.807, 2.05) is 13.0 Å². The summed E-state index contributed by atoms with van der Waals surface area (Å²) in [6.45, 7) is 2.85. The topological polar surface area (TPSA) is 37.8 Å². The summed E-state index contributed by atoms with van der Waals surface area (Å²) in [5.41, 5.74) is 1.13. The minimum atomic E-state index is 0.830. The molecule has 0 fully saturated rings. The van der Waals surface area contributed by atoms with Crippen molar-refractivity contribution in [2.45, 2.75) is 13.3 Å². The van der Waals surface area contributed by atoms with Crippen LogP contribution in [0.3, 0.4) is 0 Å². The van der Waals surface area contributed by atoms with Crippen LogP contribution in [0.25, 0.3) is 0 Å². The number of nitrogens with zero attached hydrogens (tertiary/aromatic N) is 2. The van der Waals surface area contributed by atoms with Crippen LogP contribution in [-0.4, -0.2) is 16.5 Å². The number of pyridine rings is 1. The van der Waals surface area contributed by atoms with Gasteiger partial charge in [0.05, 0.1) is 15.2 Å². The van der Waals surface area contributed by atoms with Crippen molar-refractivity contribution >= 4 is 49.0 Å². The van der Waals surface area contributed by atoms with Crippen molar-refractivity contribution in [2.75, 3.05) is 11.9 Å². The van der Waals surface area contributed by atoms with E-state index in [-0.39, 0.29) is 0 Å². The van der Waals surface area contributed by atoms with Gasteiger partial charge in [-0.15, -0.1) is 11.3 Å². The molecule has 1 N–H and O–H groups in total. The SMILES string of the molecule is Cc1nc(CCNc2ncc(Br)cc2Br)cs1. The fraction of sp³-hybridized carbons (Fsp3) is 0.273. The fourth-order valence-corrected chi connectivity index (χ4v) is 3.15. The standard InChI is InChI=1S/C11H11Br2N3S/c1-7-16-9(6-17-7)2-3-14-11-10(13)4-8(12)5-15-11/h4-6H,2-3H2,1H3,(H,14,15). The average Bonchev–Trinajstić information content (AvgIpc) is 2.68. The van der Waals surface area contributed by atoms with E-state index in [0.717, 1.165) is 38.4 Å². The zero-order valence-electron chi connectivity index (χ0n) is 9.20. The fourth-order valence-electron chi connectivity index (χ4n) is 1.38. The highest BCUT2D eigenvalue weighted by molar-refractivity contribution is 9.11. The van der Waals surface area contributed by atoms with Crippen LogP contribution < -0.4 is 5.32 Å². The number of thiazole rings is 1. The van der Waals surface area contributed by atoms with Gasteiger partial charge in [-0.3, -0.25) is 0 Å². The van der Waals surface area contributed by atoms with Gasteiger partial charge in [-0.2, -0.15) is 0 Å². The van der Waals surface area contributed by atoms with Gasteiger partial charge in [0.25, 0.3) is 0 Å². The molecule has 0 radical (unpaired) electrons. The summed E-state index contributed by atoms with van der Waals surface area (Å²) >= 11 is 8.53. The number of rotatable bonds is 4. The zero-order chi connectivity index (χ0) is 12.3. The van der Waals surface area contributed by atoms with E-state index in [1.54, 1.807) is 17.5 Å². The molecule has 0 aliphatic heterocycles. The smallest absolute Gasteiger partial charge is 0.140 e. The van der Waals surface area contributed by atoms with Gasteiger partial charge in [0.2, 0.25) is 0 Å². The predicted octanol–water partition coefficient (Wildman–Crippen LogP) is 4.03. The normalized spacial score (nSPS) is 10.5. The molecule has 2 heterocycles. The first-order valence-corrected chi connectivity index (χ1v) is 7.57. The molecule has 2 aromatic heterocycles. The second-order valence-corrected chi connectivity index (χ2v) is 6.35. The highest BCUT2D eigenvalue weighted by Crippen LogP contribution is 2.23. The lowest BCUT2D eigenvalue weighted by atomic mass is 10.3. The molecule has 2 rings (SSSR count). The number of aromatic nitrogens is 2. The van der Waals surface area contributed by atoms with Crippen LogP contribution >= 0.6 is 43.2 Å². The van der Waals surface area contributed by atoms with E-state index >= 15 is 0 Å². The molecule has 0 saturated heterocycles. The molecule has 6 heteroatoms. The van der Waals surface area contributed by atoms with Crippen LogP contribution in [0.1, 0.15) is 10.7 Å². The second kappa shape index (κ2) is 5.93. The third-order valence-electron chi connectivity index (χ3n) is 2.15. The monoisotopic (exact) mass is 375 g/mol.